The highest BCUT2D eigenvalue weighted by Crippen LogP contribution is 2.36. The van der Waals surface area contributed by atoms with Crippen LogP contribution in [-0.2, 0) is 24.8 Å². The average Bonchev–Trinajstić information content (AvgIpc) is 2.73. The van der Waals surface area contributed by atoms with Crippen molar-refractivity contribution in [3.05, 3.63) is 54.3 Å². The molecule has 1 saturated heterocycles. The van der Waals surface area contributed by atoms with Gasteiger partial charge in [0.05, 0.1) is 27.4 Å². The maximum atomic E-state index is 13.7. The van der Waals surface area contributed by atoms with Gasteiger partial charge in [-0.2, -0.15) is 0 Å². The van der Waals surface area contributed by atoms with E-state index in [2.05, 4.69) is 4.72 Å². The Morgan fingerprint density at radius 3 is 2.19 bits per heavy atom. The Hall–Kier alpha value is -2.46. The number of sulfonamides is 2. The number of carbonyl (C=O) groups excluding carboxylic acids is 1. The van der Waals surface area contributed by atoms with E-state index in [0.29, 0.717) is 4.31 Å². The number of rotatable bonds is 4. The van der Waals surface area contributed by atoms with Crippen LogP contribution in [0.25, 0.3) is 0 Å². The number of anilines is 2. The van der Waals surface area contributed by atoms with Gasteiger partial charge in [-0.25, -0.2) is 25.5 Å². The predicted octanol–water partition coefficient (Wildman–Crippen LogP) is 2.33. The van der Waals surface area contributed by atoms with Gasteiger partial charge in [0.15, 0.2) is 0 Å². The Morgan fingerprint density at radius 1 is 1.07 bits per heavy atom. The second kappa shape index (κ2) is 6.31. The fraction of sp³-hybridized carbons (Fsp3) is 0.235. The topological polar surface area (TPSA) is 101 Å². The Kier molecular flexibility index (Phi) is 4.51. The van der Waals surface area contributed by atoms with Gasteiger partial charge in [0.2, 0.25) is 15.9 Å². The lowest BCUT2D eigenvalue weighted by Gasteiger charge is -2.17. The first-order chi connectivity index (χ1) is 12.4. The van der Waals surface area contributed by atoms with Crippen molar-refractivity contribution in [3.63, 3.8) is 0 Å². The molecule has 3 rings (SSSR count). The molecule has 0 atom stereocenters. The summed E-state index contributed by atoms with van der Waals surface area (Å²) in [4.78, 5) is 12.2. The number of nitrogens with zero attached hydrogens (tertiary/aromatic N) is 1. The minimum atomic E-state index is -4.08. The van der Waals surface area contributed by atoms with Crippen LogP contribution >= 0.6 is 0 Å². The van der Waals surface area contributed by atoms with Gasteiger partial charge in [-0.3, -0.25) is 9.52 Å². The molecule has 0 radical (unpaired) electrons. The molecular weight excluding hydrogens is 395 g/mol. The highest BCUT2D eigenvalue weighted by molar-refractivity contribution is 7.94. The molecule has 2 aromatic rings. The Balaban J connectivity index is 1.92. The third-order valence-electron chi connectivity index (χ3n) is 4.08. The molecule has 0 unspecified atom stereocenters. The summed E-state index contributed by atoms with van der Waals surface area (Å²) in [5.74, 6) is -1.63. The fourth-order valence-corrected chi connectivity index (χ4v) is 5.94. The summed E-state index contributed by atoms with van der Waals surface area (Å²) < 4.78 is 65.9. The monoisotopic (exact) mass is 412 g/mol. The van der Waals surface area contributed by atoms with Gasteiger partial charge in [0, 0.05) is 0 Å². The Labute approximate surface area is 156 Å². The maximum absolute atomic E-state index is 13.7. The van der Waals surface area contributed by atoms with E-state index in [1.807, 2.05) is 0 Å². The van der Waals surface area contributed by atoms with E-state index in [1.165, 1.54) is 44.2 Å². The molecule has 1 aliphatic heterocycles. The summed E-state index contributed by atoms with van der Waals surface area (Å²) in [5.41, 5.74) is -1.22. The normalized spacial score (nSPS) is 18.5. The van der Waals surface area contributed by atoms with Crippen LogP contribution in [0.1, 0.15) is 13.8 Å². The van der Waals surface area contributed by atoms with Crippen molar-refractivity contribution < 1.29 is 26.0 Å². The molecule has 1 amide bonds. The standard InChI is InChI=1S/C17H17FN2O5S2/c1-17(2)11-26(22,23)20(16(17)21)12-7-9-13(10-8-12)27(24,25)19-15-6-4-3-5-14(15)18/h3-10,19H,11H2,1-2H3. The first kappa shape index (κ1) is 19.3. The van der Waals surface area contributed by atoms with Crippen LogP contribution in [0.5, 0.6) is 0 Å². The Bertz CT molecular complexity index is 1110. The molecule has 7 nitrogen and oxygen atoms in total. The van der Waals surface area contributed by atoms with Gasteiger partial charge in [0.1, 0.15) is 5.82 Å². The molecule has 27 heavy (non-hydrogen) atoms. The molecule has 1 N–H and O–H groups in total. The summed E-state index contributed by atoms with van der Waals surface area (Å²) in [7, 11) is -7.91. The van der Waals surface area contributed by atoms with E-state index in [-0.39, 0.29) is 22.0 Å². The fourth-order valence-electron chi connectivity index (χ4n) is 2.77. The lowest BCUT2D eigenvalue weighted by atomic mass is 9.95. The highest BCUT2D eigenvalue weighted by Gasteiger charge is 2.49. The van der Waals surface area contributed by atoms with Crippen LogP contribution in [0.4, 0.5) is 15.8 Å². The molecule has 0 spiro atoms. The summed E-state index contributed by atoms with van der Waals surface area (Å²) in [5, 5.41) is 0. The second-order valence-corrected chi connectivity index (χ2v) is 10.3. The largest absolute Gasteiger partial charge is 0.277 e. The van der Waals surface area contributed by atoms with Crippen molar-refractivity contribution >= 4 is 37.3 Å². The SMILES string of the molecule is CC1(C)CS(=O)(=O)N(c2ccc(S(=O)(=O)Nc3ccccc3F)cc2)C1=O. The summed E-state index contributed by atoms with van der Waals surface area (Å²) in [6.07, 6.45) is 0. The Morgan fingerprint density at radius 2 is 1.67 bits per heavy atom. The van der Waals surface area contributed by atoms with Gasteiger partial charge in [-0.05, 0) is 50.2 Å². The predicted molar refractivity (Wildman–Crippen MR) is 98.7 cm³/mol. The van der Waals surface area contributed by atoms with Crippen molar-refractivity contribution in [2.24, 2.45) is 5.41 Å². The minimum absolute atomic E-state index is 0.0513. The smallest absolute Gasteiger partial charge is 0.261 e. The first-order valence-electron chi connectivity index (χ1n) is 7.89. The van der Waals surface area contributed by atoms with Crippen molar-refractivity contribution in [3.8, 4) is 0 Å². The molecule has 1 fully saturated rings. The van der Waals surface area contributed by atoms with Crippen LogP contribution in [0.15, 0.2) is 53.4 Å². The van der Waals surface area contributed by atoms with Crippen molar-refractivity contribution in [2.75, 3.05) is 14.8 Å². The summed E-state index contributed by atoms with van der Waals surface area (Å²) >= 11 is 0. The van der Waals surface area contributed by atoms with E-state index < -0.39 is 37.2 Å². The number of halogens is 1. The van der Waals surface area contributed by atoms with E-state index in [9.17, 15) is 26.0 Å². The van der Waals surface area contributed by atoms with E-state index in [4.69, 9.17) is 0 Å². The van der Waals surface area contributed by atoms with Gasteiger partial charge in [-0.15, -0.1) is 0 Å². The van der Waals surface area contributed by atoms with E-state index >= 15 is 0 Å². The van der Waals surface area contributed by atoms with Crippen molar-refractivity contribution in [1.82, 2.24) is 0 Å². The van der Waals surface area contributed by atoms with Crippen molar-refractivity contribution in [1.29, 1.82) is 0 Å². The third kappa shape index (κ3) is 3.54. The van der Waals surface area contributed by atoms with E-state index in [0.717, 1.165) is 18.2 Å². The average molecular weight is 412 g/mol. The number of amides is 1. The number of nitrogens with one attached hydrogen (secondary N) is 1. The molecule has 0 aromatic heterocycles. The molecule has 0 saturated carbocycles. The number of hydrogen-bond donors (Lipinski definition) is 1. The zero-order valence-corrected chi connectivity index (χ0v) is 16.1. The van der Waals surface area contributed by atoms with Crippen LogP contribution in [0, 0.1) is 11.2 Å². The quantitative estimate of drug-likeness (QED) is 0.831. The molecule has 0 bridgehead atoms. The lowest BCUT2D eigenvalue weighted by molar-refractivity contribution is -0.123. The minimum Gasteiger partial charge on any atom is -0.277 e. The number of benzene rings is 2. The van der Waals surface area contributed by atoms with Gasteiger partial charge >= 0.3 is 0 Å². The molecule has 1 heterocycles. The number of hydrogen-bond acceptors (Lipinski definition) is 5. The third-order valence-corrected chi connectivity index (χ3v) is 7.49. The van der Waals surface area contributed by atoms with Gasteiger partial charge < -0.3 is 0 Å². The molecule has 2 aromatic carbocycles. The number of carbonyl (C=O) groups is 1. The van der Waals surface area contributed by atoms with Crippen molar-refractivity contribution in [2.45, 2.75) is 18.7 Å². The number of para-hydroxylation sites is 1. The zero-order valence-electron chi connectivity index (χ0n) is 14.5. The van der Waals surface area contributed by atoms with Crippen LogP contribution < -0.4 is 9.03 Å². The van der Waals surface area contributed by atoms with Gasteiger partial charge in [0.25, 0.3) is 10.0 Å². The zero-order chi connectivity index (χ0) is 20.0. The van der Waals surface area contributed by atoms with Crippen LogP contribution in [-0.4, -0.2) is 28.5 Å². The van der Waals surface area contributed by atoms with Gasteiger partial charge in [-0.1, -0.05) is 12.1 Å². The molecule has 1 aliphatic rings. The highest BCUT2D eigenvalue weighted by atomic mass is 32.2. The van der Waals surface area contributed by atoms with E-state index in [1.54, 1.807) is 0 Å². The van der Waals surface area contributed by atoms with Crippen LogP contribution in [0.3, 0.4) is 0 Å². The molecular formula is C17H17FN2O5S2. The maximum Gasteiger partial charge on any atom is 0.261 e. The van der Waals surface area contributed by atoms with Crippen LogP contribution in [0.2, 0.25) is 0 Å². The second-order valence-electron chi connectivity index (χ2n) is 6.79. The summed E-state index contributed by atoms with van der Waals surface area (Å²) in [6.45, 7) is 3.06. The molecule has 0 aliphatic carbocycles. The first-order valence-corrected chi connectivity index (χ1v) is 11.0. The molecule has 10 heteroatoms. The lowest BCUT2D eigenvalue weighted by Crippen LogP contribution is -2.32. The molecule has 144 valence electrons. The summed E-state index contributed by atoms with van der Waals surface area (Å²) in [6, 6.07) is 10.1.